The Kier molecular flexibility index (Phi) is 4.63. The summed E-state index contributed by atoms with van der Waals surface area (Å²) in [7, 11) is 0. The monoisotopic (exact) mass is 394 g/mol. The van der Waals surface area contributed by atoms with Crippen molar-refractivity contribution in [2.45, 2.75) is 13.5 Å². The molecule has 0 saturated carbocycles. The third-order valence-corrected chi connectivity index (χ3v) is 4.60. The number of nitrogens with zero attached hydrogens (tertiary/aromatic N) is 4. The first-order chi connectivity index (χ1) is 13.9. The van der Waals surface area contributed by atoms with Gasteiger partial charge in [-0.1, -0.05) is 18.2 Å². The van der Waals surface area contributed by atoms with E-state index in [-0.39, 0.29) is 17.8 Å². The van der Waals surface area contributed by atoms with Crippen LogP contribution < -0.4 is 5.73 Å². The minimum atomic E-state index is -0.733. The van der Waals surface area contributed by atoms with Crippen molar-refractivity contribution < 1.29 is 13.6 Å². The second kappa shape index (κ2) is 7.27. The van der Waals surface area contributed by atoms with Crippen LogP contribution >= 0.6 is 0 Å². The highest BCUT2D eigenvalue weighted by Crippen LogP contribution is 2.29. The smallest absolute Gasteiger partial charge is 0.269 e. The topological polar surface area (TPSA) is 102 Å². The Labute approximate surface area is 164 Å². The average Bonchev–Trinajstić information content (AvgIpc) is 3.35. The van der Waals surface area contributed by atoms with Crippen LogP contribution in [-0.4, -0.2) is 30.9 Å². The number of aromatic amines is 1. The van der Waals surface area contributed by atoms with E-state index in [0.717, 1.165) is 16.7 Å². The van der Waals surface area contributed by atoms with Crippen molar-refractivity contribution in [1.29, 1.82) is 0 Å². The van der Waals surface area contributed by atoms with Crippen molar-refractivity contribution in [3.8, 4) is 22.6 Å². The van der Waals surface area contributed by atoms with E-state index in [1.165, 1.54) is 35.3 Å². The van der Waals surface area contributed by atoms with Crippen LogP contribution in [0.5, 0.6) is 0 Å². The number of benzene rings is 2. The zero-order valence-electron chi connectivity index (χ0n) is 15.4. The molecule has 0 saturated heterocycles. The van der Waals surface area contributed by atoms with E-state index < -0.39 is 17.5 Å². The number of rotatable bonds is 5. The van der Waals surface area contributed by atoms with Crippen LogP contribution in [0.15, 0.2) is 48.8 Å². The SMILES string of the molecule is Cc1ccc(-c2ncn[nH]2)cc1-c1cc(C(N)=O)nn1Cc1c(F)cccc1F. The molecule has 146 valence electrons. The first-order valence-electron chi connectivity index (χ1n) is 8.71. The maximum atomic E-state index is 14.2. The summed E-state index contributed by atoms with van der Waals surface area (Å²) in [5.41, 5.74) is 8.08. The van der Waals surface area contributed by atoms with Crippen LogP contribution in [0.2, 0.25) is 0 Å². The van der Waals surface area contributed by atoms with Gasteiger partial charge in [-0.3, -0.25) is 14.6 Å². The predicted octanol–water partition coefficient (Wildman–Crippen LogP) is 3.07. The van der Waals surface area contributed by atoms with Crippen LogP contribution in [0.3, 0.4) is 0 Å². The fourth-order valence-corrected chi connectivity index (χ4v) is 3.10. The maximum absolute atomic E-state index is 14.2. The van der Waals surface area contributed by atoms with Gasteiger partial charge in [-0.25, -0.2) is 13.8 Å². The van der Waals surface area contributed by atoms with Crippen molar-refractivity contribution in [1.82, 2.24) is 25.0 Å². The molecule has 0 unspecified atom stereocenters. The molecule has 0 bridgehead atoms. The molecular weight excluding hydrogens is 378 g/mol. The van der Waals surface area contributed by atoms with Gasteiger partial charge in [-0.05, 0) is 36.8 Å². The number of carbonyl (C=O) groups is 1. The van der Waals surface area contributed by atoms with Crippen molar-refractivity contribution >= 4 is 5.91 Å². The molecule has 0 aliphatic rings. The second-order valence-electron chi connectivity index (χ2n) is 6.50. The molecule has 0 aliphatic carbocycles. The lowest BCUT2D eigenvalue weighted by Gasteiger charge is -2.12. The molecule has 2 aromatic carbocycles. The fourth-order valence-electron chi connectivity index (χ4n) is 3.10. The molecule has 0 fully saturated rings. The lowest BCUT2D eigenvalue weighted by atomic mass is 10.0. The largest absolute Gasteiger partial charge is 0.364 e. The van der Waals surface area contributed by atoms with Gasteiger partial charge in [-0.2, -0.15) is 10.2 Å². The predicted molar refractivity (Wildman–Crippen MR) is 102 cm³/mol. The number of hydrogen-bond donors (Lipinski definition) is 2. The van der Waals surface area contributed by atoms with Gasteiger partial charge >= 0.3 is 0 Å². The van der Waals surface area contributed by atoms with Gasteiger partial charge in [0.25, 0.3) is 5.91 Å². The van der Waals surface area contributed by atoms with Gasteiger partial charge in [0.05, 0.1) is 12.2 Å². The number of nitrogens with one attached hydrogen (secondary N) is 1. The van der Waals surface area contributed by atoms with Gasteiger partial charge in [0, 0.05) is 16.7 Å². The van der Waals surface area contributed by atoms with E-state index in [0.29, 0.717) is 11.5 Å². The van der Waals surface area contributed by atoms with Gasteiger partial charge in [0.1, 0.15) is 18.0 Å². The molecule has 0 radical (unpaired) electrons. The van der Waals surface area contributed by atoms with E-state index >= 15 is 0 Å². The standard InChI is InChI=1S/C20H16F2N6O/c1-11-5-6-12(20-24-10-25-26-20)7-13(11)18-8-17(19(23)29)27-28(18)9-14-15(21)3-2-4-16(14)22/h2-8,10H,9H2,1H3,(H2,23,29)(H,24,25,26). The van der Waals surface area contributed by atoms with Crippen LogP contribution in [0.4, 0.5) is 8.78 Å². The fraction of sp³-hybridized carbons (Fsp3) is 0.100. The number of amides is 1. The first kappa shape index (κ1) is 18.5. The van der Waals surface area contributed by atoms with E-state index in [9.17, 15) is 13.6 Å². The normalized spacial score (nSPS) is 11.0. The molecule has 4 rings (SSSR count). The Morgan fingerprint density at radius 1 is 1.17 bits per heavy atom. The summed E-state index contributed by atoms with van der Waals surface area (Å²) in [4.78, 5) is 15.8. The number of aromatic nitrogens is 5. The third kappa shape index (κ3) is 3.49. The molecule has 3 N–H and O–H groups in total. The molecule has 0 atom stereocenters. The molecule has 4 aromatic rings. The molecular formula is C20H16F2N6O. The van der Waals surface area contributed by atoms with Gasteiger partial charge in [0.2, 0.25) is 0 Å². The summed E-state index contributed by atoms with van der Waals surface area (Å²) < 4.78 is 29.7. The average molecular weight is 394 g/mol. The number of nitrogens with two attached hydrogens (primary N) is 1. The molecule has 2 aromatic heterocycles. The maximum Gasteiger partial charge on any atom is 0.269 e. The summed E-state index contributed by atoms with van der Waals surface area (Å²) in [6.07, 6.45) is 1.39. The van der Waals surface area contributed by atoms with Gasteiger partial charge in [-0.15, -0.1) is 0 Å². The minimum absolute atomic E-state index is 0.00113. The number of carbonyl (C=O) groups excluding carboxylic acids is 1. The van der Waals surface area contributed by atoms with Crippen LogP contribution in [0, 0.1) is 18.6 Å². The second-order valence-corrected chi connectivity index (χ2v) is 6.50. The Morgan fingerprint density at radius 3 is 2.59 bits per heavy atom. The summed E-state index contributed by atoms with van der Waals surface area (Å²) in [6, 6.07) is 10.7. The zero-order valence-corrected chi connectivity index (χ0v) is 15.4. The van der Waals surface area contributed by atoms with Gasteiger partial charge in [0.15, 0.2) is 11.5 Å². The van der Waals surface area contributed by atoms with E-state index in [4.69, 9.17) is 5.73 Å². The van der Waals surface area contributed by atoms with Crippen molar-refractivity contribution in [2.24, 2.45) is 5.73 Å². The summed E-state index contributed by atoms with van der Waals surface area (Å²) >= 11 is 0. The Morgan fingerprint density at radius 2 is 1.93 bits per heavy atom. The quantitative estimate of drug-likeness (QED) is 0.543. The minimum Gasteiger partial charge on any atom is -0.364 e. The lowest BCUT2D eigenvalue weighted by Crippen LogP contribution is -2.13. The first-order valence-corrected chi connectivity index (χ1v) is 8.71. The third-order valence-electron chi connectivity index (χ3n) is 4.60. The lowest BCUT2D eigenvalue weighted by molar-refractivity contribution is 0.0995. The number of primary amides is 1. The van der Waals surface area contributed by atoms with Crippen LogP contribution in [0.25, 0.3) is 22.6 Å². The van der Waals surface area contributed by atoms with Crippen molar-refractivity contribution in [2.75, 3.05) is 0 Å². The van der Waals surface area contributed by atoms with E-state index in [2.05, 4.69) is 20.3 Å². The zero-order chi connectivity index (χ0) is 20.5. The van der Waals surface area contributed by atoms with Crippen LogP contribution in [0.1, 0.15) is 21.6 Å². The molecule has 1 amide bonds. The Hall–Kier alpha value is -3.88. The van der Waals surface area contributed by atoms with Crippen molar-refractivity contribution in [3.63, 3.8) is 0 Å². The molecule has 7 nitrogen and oxygen atoms in total. The van der Waals surface area contributed by atoms with E-state index in [1.807, 2.05) is 25.1 Å². The molecule has 29 heavy (non-hydrogen) atoms. The van der Waals surface area contributed by atoms with Crippen LogP contribution in [-0.2, 0) is 6.54 Å². The van der Waals surface area contributed by atoms with E-state index in [1.54, 1.807) is 0 Å². The number of halogens is 2. The Balaban J connectivity index is 1.86. The highest BCUT2D eigenvalue weighted by Gasteiger charge is 2.19. The summed E-state index contributed by atoms with van der Waals surface area (Å²) in [5, 5.41) is 10.8. The molecule has 0 spiro atoms. The number of hydrogen-bond acceptors (Lipinski definition) is 4. The highest BCUT2D eigenvalue weighted by molar-refractivity contribution is 5.92. The summed E-state index contributed by atoms with van der Waals surface area (Å²) in [5.74, 6) is -1.56. The number of H-pyrrole nitrogens is 1. The number of aryl methyl sites for hydroxylation is 1. The Bertz CT molecular complexity index is 1180. The highest BCUT2D eigenvalue weighted by atomic mass is 19.1. The van der Waals surface area contributed by atoms with Gasteiger partial charge < -0.3 is 5.73 Å². The summed E-state index contributed by atoms with van der Waals surface area (Å²) in [6.45, 7) is 1.68. The van der Waals surface area contributed by atoms with Crippen molar-refractivity contribution in [3.05, 3.63) is 77.2 Å². The molecule has 2 heterocycles. The molecule has 0 aliphatic heterocycles. The molecule has 9 heteroatoms.